The summed E-state index contributed by atoms with van der Waals surface area (Å²) in [5.74, 6) is 0.988. The molecule has 0 spiro atoms. The van der Waals surface area contributed by atoms with Gasteiger partial charge in [-0.1, -0.05) is 6.07 Å². The van der Waals surface area contributed by atoms with Crippen molar-refractivity contribution in [2.75, 3.05) is 46.3 Å². The van der Waals surface area contributed by atoms with E-state index in [2.05, 4.69) is 48.7 Å². The topological polar surface area (TPSA) is 52.6 Å². The minimum atomic E-state index is 0.349. The Morgan fingerprint density at radius 2 is 1.96 bits per heavy atom. The molecule has 2 saturated heterocycles. The van der Waals surface area contributed by atoms with E-state index >= 15 is 0 Å². The van der Waals surface area contributed by atoms with E-state index in [4.69, 9.17) is 0 Å². The molecule has 27 heavy (non-hydrogen) atoms. The van der Waals surface area contributed by atoms with Crippen LogP contribution in [0.2, 0.25) is 0 Å². The molecule has 0 N–H and O–H groups in total. The van der Waals surface area contributed by atoms with Crippen molar-refractivity contribution >= 4 is 28.7 Å². The van der Waals surface area contributed by atoms with Crippen molar-refractivity contribution < 1.29 is 4.79 Å². The highest BCUT2D eigenvalue weighted by atomic mass is 32.1. The van der Waals surface area contributed by atoms with Crippen molar-refractivity contribution in [1.82, 2.24) is 23.4 Å². The molecule has 2 aliphatic rings. The number of hydrogen-bond donors (Lipinski definition) is 0. The zero-order chi connectivity index (χ0) is 18.6. The summed E-state index contributed by atoms with van der Waals surface area (Å²) in [6, 6.07) is 6.41. The Labute approximate surface area is 165 Å². The molecule has 1 amide bonds. The number of carbonyl (C=O) groups is 1. The summed E-state index contributed by atoms with van der Waals surface area (Å²) in [5, 5.41) is 0. The third-order valence-corrected chi connectivity index (χ3v) is 6.51. The van der Waals surface area contributed by atoms with Gasteiger partial charge < -0.3 is 9.80 Å². The van der Waals surface area contributed by atoms with Crippen molar-refractivity contribution in [2.24, 2.45) is 5.92 Å². The molecule has 0 radical (unpaired) electrons. The minimum Gasteiger partial charge on any atom is -0.340 e. The van der Waals surface area contributed by atoms with Gasteiger partial charge in [0, 0.05) is 45.7 Å². The Bertz CT molecular complexity index is 771. The fourth-order valence-electron chi connectivity index (χ4n) is 4.26. The van der Waals surface area contributed by atoms with Crippen LogP contribution in [-0.2, 0) is 11.3 Å². The number of fused-ring (bicyclic) bond motifs is 1. The van der Waals surface area contributed by atoms with Gasteiger partial charge in [0.15, 0.2) is 0 Å². The Balaban J connectivity index is 1.26. The Hall–Kier alpha value is -1.57. The third-order valence-electron chi connectivity index (χ3n) is 5.95. The first-order chi connectivity index (χ1) is 13.2. The number of hydrogen-bond acceptors (Lipinski definition) is 6. The number of piperidine rings is 1. The number of likely N-dealkylation sites (N-methyl/N-ethyl adjacent to an activating group) is 1. The fraction of sp³-hybridized carbons (Fsp3) is 0.650. The highest BCUT2D eigenvalue weighted by Gasteiger charge is 2.23. The van der Waals surface area contributed by atoms with Gasteiger partial charge in [0.1, 0.15) is 11.0 Å². The monoisotopic (exact) mass is 387 g/mol. The van der Waals surface area contributed by atoms with Crippen LogP contribution in [0.25, 0.3) is 11.0 Å². The van der Waals surface area contributed by atoms with Gasteiger partial charge in [-0.15, -0.1) is 0 Å². The van der Waals surface area contributed by atoms with Gasteiger partial charge in [0.25, 0.3) is 0 Å². The van der Waals surface area contributed by atoms with E-state index in [1.54, 1.807) is 0 Å². The predicted octanol–water partition coefficient (Wildman–Crippen LogP) is 2.46. The highest BCUT2D eigenvalue weighted by Crippen LogP contribution is 2.24. The molecule has 0 saturated carbocycles. The largest absolute Gasteiger partial charge is 0.340 e. The fourth-order valence-corrected chi connectivity index (χ4v) is 4.77. The lowest BCUT2D eigenvalue weighted by Gasteiger charge is -2.34. The second kappa shape index (κ2) is 8.63. The number of aromatic nitrogens is 2. The van der Waals surface area contributed by atoms with E-state index < -0.39 is 0 Å². The van der Waals surface area contributed by atoms with Crippen LogP contribution in [-0.4, -0.2) is 75.7 Å². The average Bonchev–Trinajstić information content (AvgIpc) is 3.15. The SMILES string of the molecule is CN1CCN(C(=O)CCC2CCCN(Cc3ccc4nsnc4c3)C2)CC1. The molecule has 2 fully saturated rings. The Kier molecular flexibility index (Phi) is 6.00. The minimum absolute atomic E-state index is 0.349. The molecule has 2 aliphatic heterocycles. The standard InChI is InChI=1S/C20H29N5OS/c1-23-9-11-25(12-10-23)20(26)7-5-16-3-2-8-24(14-16)15-17-4-6-18-19(13-17)22-27-21-18/h4,6,13,16H,2-3,5,7-12,14-15H2,1H3. The second-order valence-electron chi connectivity index (χ2n) is 8.05. The number of amides is 1. The molecule has 3 heterocycles. The lowest BCUT2D eigenvalue weighted by Crippen LogP contribution is -2.47. The zero-order valence-corrected chi connectivity index (χ0v) is 17.0. The number of nitrogens with zero attached hydrogens (tertiary/aromatic N) is 5. The molecule has 4 rings (SSSR count). The van der Waals surface area contributed by atoms with E-state index in [9.17, 15) is 4.79 Å². The first-order valence-electron chi connectivity index (χ1n) is 10.1. The molecule has 146 valence electrons. The van der Waals surface area contributed by atoms with Crippen LogP contribution in [0, 0.1) is 5.92 Å². The van der Waals surface area contributed by atoms with Crippen LogP contribution in [0.5, 0.6) is 0 Å². The summed E-state index contributed by atoms with van der Waals surface area (Å²) in [7, 11) is 2.13. The maximum atomic E-state index is 12.5. The molecule has 6 nitrogen and oxygen atoms in total. The number of likely N-dealkylation sites (tertiary alicyclic amines) is 1. The molecule has 1 atom stereocenters. The molecule has 1 aromatic carbocycles. The van der Waals surface area contributed by atoms with E-state index in [-0.39, 0.29) is 0 Å². The summed E-state index contributed by atoms with van der Waals surface area (Å²) < 4.78 is 8.63. The maximum absolute atomic E-state index is 12.5. The molecule has 1 aromatic heterocycles. The van der Waals surface area contributed by atoms with Crippen LogP contribution >= 0.6 is 11.7 Å². The smallest absolute Gasteiger partial charge is 0.222 e. The number of piperazine rings is 1. The van der Waals surface area contributed by atoms with Crippen molar-refractivity contribution in [3.63, 3.8) is 0 Å². The third kappa shape index (κ3) is 4.83. The molecular weight excluding hydrogens is 358 g/mol. The first kappa shape index (κ1) is 18.8. The number of carbonyl (C=O) groups excluding carboxylic acids is 1. The van der Waals surface area contributed by atoms with Gasteiger partial charge in [-0.3, -0.25) is 9.69 Å². The van der Waals surface area contributed by atoms with E-state index in [0.717, 1.165) is 63.3 Å². The predicted molar refractivity (Wildman–Crippen MR) is 109 cm³/mol. The van der Waals surface area contributed by atoms with Crippen molar-refractivity contribution in [3.05, 3.63) is 23.8 Å². The van der Waals surface area contributed by atoms with Crippen LogP contribution in [0.15, 0.2) is 18.2 Å². The summed E-state index contributed by atoms with van der Waals surface area (Å²) in [4.78, 5) is 19.4. The average molecular weight is 388 g/mol. The van der Waals surface area contributed by atoms with Crippen molar-refractivity contribution in [2.45, 2.75) is 32.2 Å². The molecule has 0 aliphatic carbocycles. The first-order valence-corrected chi connectivity index (χ1v) is 10.8. The van der Waals surface area contributed by atoms with Crippen LogP contribution in [0.4, 0.5) is 0 Å². The number of benzene rings is 1. The van der Waals surface area contributed by atoms with Crippen molar-refractivity contribution in [3.8, 4) is 0 Å². The summed E-state index contributed by atoms with van der Waals surface area (Å²) in [6.45, 7) is 7.00. The van der Waals surface area contributed by atoms with Crippen molar-refractivity contribution in [1.29, 1.82) is 0 Å². The molecular formula is C20H29N5OS. The normalized spacial score (nSPS) is 22.4. The Morgan fingerprint density at radius 1 is 1.15 bits per heavy atom. The molecule has 0 bridgehead atoms. The van der Waals surface area contributed by atoms with E-state index in [0.29, 0.717) is 18.2 Å². The van der Waals surface area contributed by atoms with Crippen LogP contribution < -0.4 is 0 Å². The quantitative estimate of drug-likeness (QED) is 0.789. The summed E-state index contributed by atoms with van der Waals surface area (Å²) in [5.41, 5.74) is 3.30. The maximum Gasteiger partial charge on any atom is 0.222 e. The van der Waals surface area contributed by atoms with Gasteiger partial charge in [-0.05, 0) is 56.5 Å². The number of rotatable bonds is 5. The lowest BCUT2D eigenvalue weighted by molar-refractivity contribution is -0.133. The molecule has 2 aromatic rings. The van der Waals surface area contributed by atoms with Gasteiger partial charge in [0.2, 0.25) is 5.91 Å². The van der Waals surface area contributed by atoms with Gasteiger partial charge in [-0.2, -0.15) is 8.75 Å². The second-order valence-corrected chi connectivity index (χ2v) is 8.58. The Morgan fingerprint density at radius 3 is 2.81 bits per heavy atom. The molecule has 1 unspecified atom stereocenters. The van der Waals surface area contributed by atoms with E-state index in [1.165, 1.54) is 30.1 Å². The molecule has 7 heteroatoms. The van der Waals surface area contributed by atoms with Gasteiger partial charge >= 0.3 is 0 Å². The lowest BCUT2D eigenvalue weighted by atomic mass is 9.92. The van der Waals surface area contributed by atoms with E-state index in [1.807, 2.05) is 0 Å². The van der Waals surface area contributed by atoms with Crippen LogP contribution in [0.1, 0.15) is 31.2 Å². The van der Waals surface area contributed by atoms with Gasteiger partial charge in [-0.25, -0.2) is 0 Å². The zero-order valence-electron chi connectivity index (χ0n) is 16.1. The summed E-state index contributed by atoms with van der Waals surface area (Å²) >= 11 is 1.28. The van der Waals surface area contributed by atoms with Gasteiger partial charge in [0.05, 0.1) is 11.7 Å². The summed E-state index contributed by atoms with van der Waals surface area (Å²) in [6.07, 6.45) is 4.21. The van der Waals surface area contributed by atoms with Crippen LogP contribution in [0.3, 0.4) is 0 Å². The highest BCUT2D eigenvalue weighted by molar-refractivity contribution is 7.00.